The normalized spacial score (nSPS) is 10.4. The number of aromatic nitrogens is 1. The number of benzene rings is 2. The second-order valence-corrected chi connectivity index (χ2v) is 8.88. The van der Waals surface area contributed by atoms with E-state index in [-0.39, 0.29) is 23.4 Å². The fourth-order valence-corrected chi connectivity index (χ4v) is 4.33. The molecule has 1 aromatic heterocycles. The molecule has 0 saturated carbocycles. The van der Waals surface area contributed by atoms with Gasteiger partial charge in [-0.3, -0.25) is 9.59 Å². The van der Waals surface area contributed by atoms with E-state index in [0.717, 1.165) is 22.7 Å². The summed E-state index contributed by atoms with van der Waals surface area (Å²) in [5.74, 6) is 0.472. The molecule has 0 bridgehead atoms. The lowest BCUT2D eigenvalue weighted by Gasteiger charge is -2.12. The number of thioether (sulfide) groups is 1. The molecule has 1 heterocycles. The number of nitrogens with one attached hydrogen (secondary N) is 2. The van der Waals surface area contributed by atoms with Crippen molar-refractivity contribution in [3.05, 3.63) is 53.4 Å². The van der Waals surface area contributed by atoms with Crippen molar-refractivity contribution >= 4 is 57.8 Å². The predicted octanol–water partition coefficient (Wildman–Crippen LogP) is 3.78. The van der Waals surface area contributed by atoms with Crippen molar-refractivity contribution in [3.8, 4) is 5.75 Å². The van der Waals surface area contributed by atoms with Crippen LogP contribution in [0.1, 0.15) is 9.67 Å². The van der Waals surface area contributed by atoms with Crippen molar-refractivity contribution in [1.82, 2.24) is 4.98 Å². The quantitative estimate of drug-likeness (QED) is 0.442. The molecule has 4 N–H and O–H groups in total. The van der Waals surface area contributed by atoms with Gasteiger partial charge in [0.05, 0.1) is 12.9 Å². The van der Waals surface area contributed by atoms with Crippen LogP contribution in [0.15, 0.2) is 52.9 Å². The lowest BCUT2D eigenvalue weighted by atomic mass is 10.2. The number of nitrogens with two attached hydrogens (primary N) is 1. The Hall–Kier alpha value is -3.24. The summed E-state index contributed by atoms with van der Waals surface area (Å²) in [6.07, 6.45) is 0. The summed E-state index contributed by atoms with van der Waals surface area (Å²) in [6.45, 7) is 0. The zero-order valence-electron chi connectivity index (χ0n) is 17.3. The van der Waals surface area contributed by atoms with Crippen molar-refractivity contribution in [2.45, 2.75) is 4.34 Å². The monoisotopic (exact) mass is 457 g/mol. The molecule has 0 radical (unpaired) electrons. The van der Waals surface area contributed by atoms with Crippen LogP contribution in [-0.4, -0.2) is 43.8 Å². The fraction of sp³-hybridized carbons (Fsp3) is 0.190. The molecule has 0 unspecified atom stereocenters. The number of thiazole rings is 1. The van der Waals surface area contributed by atoms with Crippen molar-refractivity contribution in [2.24, 2.45) is 0 Å². The van der Waals surface area contributed by atoms with E-state index in [2.05, 4.69) is 15.6 Å². The summed E-state index contributed by atoms with van der Waals surface area (Å²) < 4.78 is 5.65. The summed E-state index contributed by atoms with van der Waals surface area (Å²) in [5.41, 5.74) is 8.29. The van der Waals surface area contributed by atoms with E-state index < -0.39 is 0 Å². The topological polar surface area (TPSA) is 110 Å². The predicted molar refractivity (Wildman–Crippen MR) is 128 cm³/mol. The Morgan fingerprint density at radius 1 is 1.06 bits per heavy atom. The van der Waals surface area contributed by atoms with Crippen LogP contribution < -0.4 is 26.0 Å². The van der Waals surface area contributed by atoms with Crippen LogP contribution in [-0.2, 0) is 4.79 Å². The van der Waals surface area contributed by atoms with Gasteiger partial charge in [0.15, 0.2) is 4.34 Å². The van der Waals surface area contributed by atoms with Crippen LogP contribution in [0.5, 0.6) is 5.75 Å². The first-order chi connectivity index (χ1) is 14.9. The molecule has 3 rings (SSSR count). The first kappa shape index (κ1) is 22.4. The summed E-state index contributed by atoms with van der Waals surface area (Å²) in [4.78, 5) is 31.2. The number of methoxy groups -OCH3 is 1. The second-order valence-electron chi connectivity index (χ2n) is 6.65. The molecule has 0 fully saturated rings. The number of ether oxygens (including phenoxy) is 1. The Morgan fingerprint density at radius 2 is 1.68 bits per heavy atom. The Balaban J connectivity index is 1.54. The third-order valence-corrected chi connectivity index (χ3v) is 6.39. The van der Waals surface area contributed by atoms with E-state index >= 15 is 0 Å². The van der Waals surface area contributed by atoms with Gasteiger partial charge in [-0.2, -0.15) is 0 Å². The van der Waals surface area contributed by atoms with Crippen molar-refractivity contribution in [2.75, 3.05) is 48.2 Å². The number of nitrogens with zero attached hydrogens (tertiary/aromatic N) is 2. The highest BCUT2D eigenvalue weighted by molar-refractivity contribution is 8.01. The summed E-state index contributed by atoms with van der Waals surface area (Å²) in [7, 11) is 5.48. The van der Waals surface area contributed by atoms with Gasteiger partial charge >= 0.3 is 0 Å². The van der Waals surface area contributed by atoms with Crippen LogP contribution in [0.4, 0.5) is 22.9 Å². The third-order valence-electron chi connectivity index (χ3n) is 4.18. The first-order valence-electron chi connectivity index (χ1n) is 9.27. The van der Waals surface area contributed by atoms with Gasteiger partial charge in [-0.1, -0.05) is 11.8 Å². The largest absolute Gasteiger partial charge is 0.497 e. The lowest BCUT2D eigenvalue weighted by Crippen LogP contribution is -2.14. The van der Waals surface area contributed by atoms with E-state index in [1.807, 2.05) is 43.3 Å². The van der Waals surface area contributed by atoms with E-state index in [1.165, 1.54) is 11.8 Å². The number of carbonyl (C=O) groups excluding carboxylic acids is 2. The van der Waals surface area contributed by atoms with E-state index in [0.29, 0.717) is 20.7 Å². The minimum Gasteiger partial charge on any atom is -0.497 e. The van der Waals surface area contributed by atoms with Gasteiger partial charge in [0.1, 0.15) is 16.4 Å². The summed E-state index contributed by atoms with van der Waals surface area (Å²) in [6, 6.07) is 14.5. The van der Waals surface area contributed by atoms with Crippen LogP contribution in [0.3, 0.4) is 0 Å². The van der Waals surface area contributed by atoms with Crippen LogP contribution in [0, 0.1) is 0 Å². The first-order valence-corrected chi connectivity index (χ1v) is 11.1. The molecule has 0 spiro atoms. The molecule has 0 saturated heterocycles. The second kappa shape index (κ2) is 10.2. The number of carbonyl (C=O) groups is 2. The van der Waals surface area contributed by atoms with Gasteiger partial charge in [-0.15, -0.1) is 11.3 Å². The van der Waals surface area contributed by atoms with Crippen molar-refractivity contribution in [1.29, 1.82) is 0 Å². The van der Waals surface area contributed by atoms with Crippen molar-refractivity contribution < 1.29 is 14.3 Å². The SMILES string of the molecule is COc1ccc(NC(=O)c2sc(SCC(=O)Nc3ccc(N(C)C)cc3)nc2N)cc1. The molecule has 3 aromatic rings. The maximum Gasteiger partial charge on any atom is 0.269 e. The molecule has 162 valence electrons. The highest BCUT2D eigenvalue weighted by atomic mass is 32.2. The maximum atomic E-state index is 12.5. The van der Waals surface area contributed by atoms with Gasteiger partial charge in [-0.25, -0.2) is 4.98 Å². The van der Waals surface area contributed by atoms with E-state index in [9.17, 15) is 9.59 Å². The smallest absolute Gasteiger partial charge is 0.269 e. The molecule has 31 heavy (non-hydrogen) atoms. The molecule has 0 atom stereocenters. The summed E-state index contributed by atoms with van der Waals surface area (Å²) in [5, 5.41) is 5.62. The number of nitrogen functional groups attached to an aromatic ring is 1. The molecule has 0 aliphatic rings. The number of anilines is 4. The van der Waals surface area contributed by atoms with Gasteiger partial charge in [0.2, 0.25) is 5.91 Å². The van der Waals surface area contributed by atoms with Crippen LogP contribution in [0.25, 0.3) is 0 Å². The molecule has 8 nitrogen and oxygen atoms in total. The minimum absolute atomic E-state index is 0.137. The van der Waals surface area contributed by atoms with E-state index in [1.54, 1.807) is 31.4 Å². The molecule has 0 aliphatic carbocycles. The average molecular weight is 458 g/mol. The molecular formula is C21H23N5O3S2. The Kier molecular flexibility index (Phi) is 7.37. The zero-order valence-corrected chi connectivity index (χ0v) is 19.0. The van der Waals surface area contributed by atoms with Crippen LogP contribution in [0.2, 0.25) is 0 Å². The van der Waals surface area contributed by atoms with E-state index in [4.69, 9.17) is 10.5 Å². The number of hydrogen-bond donors (Lipinski definition) is 3. The number of rotatable bonds is 8. The Morgan fingerprint density at radius 3 is 2.29 bits per heavy atom. The van der Waals surface area contributed by atoms with Gasteiger partial charge < -0.3 is 26.0 Å². The number of amides is 2. The van der Waals surface area contributed by atoms with Crippen molar-refractivity contribution in [3.63, 3.8) is 0 Å². The number of hydrogen-bond acceptors (Lipinski definition) is 8. The molecular weight excluding hydrogens is 434 g/mol. The minimum atomic E-state index is -0.350. The molecule has 2 aromatic carbocycles. The Labute approximate surface area is 188 Å². The average Bonchev–Trinajstić information content (AvgIpc) is 3.14. The zero-order chi connectivity index (χ0) is 22.4. The summed E-state index contributed by atoms with van der Waals surface area (Å²) >= 11 is 2.38. The van der Waals surface area contributed by atoms with Gasteiger partial charge in [0, 0.05) is 31.2 Å². The van der Waals surface area contributed by atoms with Gasteiger partial charge in [0.25, 0.3) is 5.91 Å². The lowest BCUT2D eigenvalue weighted by molar-refractivity contribution is -0.113. The Bertz CT molecular complexity index is 1050. The van der Waals surface area contributed by atoms with Gasteiger partial charge in [-0.05, 0) is 48.5 Å². The highest BCUT2D eigenvalue weighted by Gasteiger charge is 2.17. The van der Waals surface area contributed by atoms with Crippen LogP contribution >= 0.6 is 23.1 Å². The third kappa shape index (κ3) is 6.12. The maximum absolute atomic E-state index is 12.5. The molecule has 10 heteroatoms. The standard InChI is InChI=1S/C21H23N5O3S2/c1-26(2)15-8-4-13(5-9-15)23-17(27)12-30-21-25-19(22)18(31-21)20(28)24-14-6-10-16(29-3)11-7-14/h4-11H,12,22H2,1-3H3,(H,23,27)(H,24,28). The molecule has 0 aliphatic heterocycles. The molecule has 2 amide bonds. The highest BCUT2D eigenvalue weighted by Crippen LogP contribution is 2.30. The fourth-order valence-electron chi connectivity index (χ4n) is 2.57.